The van der Waals surface area contributed by atoms with Gasteiger partial charge in [-0.15, -0.1) is 0 Å². The average molecular weight is 308 g/mol. The fourth-order valence-corrected chi connectivity index (χ4v) is 2.76. The molecule has 0 saturated carbocycles. The first kappa shape index (κ1) is 15.8. The van der Waals surface area contributed by atoms with E-state index >= 15 is 0 Å². The Morgan fingerprint density at radius 1 is 1.05 bits per heavy atom. The van der Waals surface area contributed by atoms with Crippen LogP contribution < -0.4 is 10.1 Å². The van der Waals surface area contributed by atoms with E-state index in [0.717, 1.165) is 16.9 Å². The first-order valence-electron chi connectivity index (χ1n) is 6.87. The quantitative estimate of drug-likeness (QED) is 0.848. The van der Waals surface area contributed by atoms with E-state index in [1.807, 2.05) is 31.2 Å². The van der Waals surface area contributed by atoms with Crippen LogP contribution in [0, 0.1) is 5.82 Å². The monoisotopic (exact) mass is 307 g/mol. The molecule has 4 heteroatoms. The van der Waals surface area contributed by atoms with Crippen LogP contribution >= 0.6 is 11.6 Å². The van der Waals surface area contributed by atoms with Crippen molar-refractivity contribution in [3.05, 3.63) is 64.4 Å². The van der Waals surface area contributed by atoms with Gasteiger partial charge in [0.1, 0.15) is 11.6 Å². The van der Waals surface area contributed by atoms with Crippen LogP contribution in [0.4, 0.5) is 4.39 Å². The van der Waals surface area contributed by atoms with E-state index in [0.29, 0.717) is 5.02 Å². The molecule has 0 bridgehead atoms. The topological polar surface area (TPSA) is 21.3 Å². The highest BCUT2D eigenvalue weighted by Gasteiger charge is 2.16. The van der Waals surface area contributed by atoms with E-state index < -0.39 is 0 Å². The number of hydrogen-bond donors (Lipinski definition) is 1. The van der Waals surface area contributed by atoms with Crippen molar-refractivity contribution in [3.8, 4) is 5.75 Å². The lowest BCUT2D eigenvalue weighted by molar-refractivity contribution is 0.396. The van der Waals surface area contributed by atoms with Crippen LogP contribution in [0.25, 0.3) is 0 Å². The molecule has 0 spiro atoms. The molecule has 0 aliphatic heterocycles. The van der Waals surface area contributed by atoms with Crippen LogP contribution in [-0.2, 0) is 0 Å². The number of halogens is 2. The maximum absolute atomic E-state index is 13.1. The minimum absolute atomic E-state index is 0.00184. The Bertz CT molecular complexity index is 617. The lowest BCUT2D eigenvalue weighted by atomic mass is 10.0. The minimum atomic E-state index is -0.325. The van der Waals surface area contributed by atoms with Gasteiger partial charge in [-0.2, -0.15) is 0 Å². The zero-order valence-electron chi connectivity index (χ0n) is 12.4. The Balaban J connectivity index is 2.16. The molecule has 1 unspecified atom stereocenters. The van der Waals surface area contributed by atoms with Crippen LogP contribution in [0.5, 0.6) is 5.75 Å². The van der Waals surface area contributed by atoms with Crippen LogP contribution in [0.1, 0.15) is 37.1 Å². The van der Waals surface area contributed by atoms with Crippen molar-refractivity contribution in [2.75, 3.05) is 7.11 Å². The molecule has 2 nitrogen and oxygen atoms in total. The lowest BCUT2D eigenvalue weighted by Gasteiger charge is -2.23. The summed E-state index contributed by atoms with van der Waals surface area (Å²) in [5, 5.41) is 3.89. The second-order valence-electron chi connectivity index (χ2n) is 5.02. The van der Waals surface area contributed by atoms with Crippen LogP contribution in [0.3, 0.4) is 0 Å². The number of para-hydroxylation sites is 1. The first-order valence-corrected chi connectivity index (χ1v) is 7.24. The van der Waals surface area contributed by atoms with Crippen LogP contribution in [-0.4, -0.2) is 7.11 Å². The molecule has 0 aromatic heterocycles. The van der Waals surface area contributed by atoms with E-state index in [1.165, 1.54) is 12.1 Å². The molecule has 0 amide bonds. The fourth-order valence-electron chi connectivity index (χ4n) is 2.43. The fraction of sp³-hybridized carbons (Fsp3) is 0.294. The zero-order chi connectivity index (χ0) is 15.4. The van der Waals surface area contributed by atoms with E-state index in [-0.39, 0.29) is 17.9 Å². The van der Waals surface area contributed by atoms with Gasteiger partial charge < -0.3 is 10.1 Å². The lowest BCUT2D eigenvalue weighted by Crippen LogP contribution is -2.23. The number of nitrogens with one attached hydrogen (secondary N) is 1. The van der Waals surface area contributed by atoms with E-state index in [2.05, 4.69) is 12.2 Å². The predicted octanol–water partition coefficient (Wildman–Crippen LogP) is 4.90. The third kappa shape index (κ3) is 3.74. The number of ether oxygens (including phenoxy) is 1. The summed E-state index contributed by atoms with van der Waals surface area (Å²) in [5.74, 6) is 0.517. The molecule has 112 valence electrons. The molecule has 2 aromatic carbocycles. The Kier molecular flexibility index (Phi) is 5.21. The zero-order valence-corrected chi connectivity index (χ0v) is 13.1. The van der Waals surface area contributed by atoms with Gasteiger partial charge in [0, 0.05) is 22.7 Å². The molecule has 2 atom stereocenters. The highest BCUT2D eigenvalue weighted by molar-refractivity contribution is 6.31. The smallest absolute Gasteiger partial charge is 0.124 e. The summed E-state index contributed by atoms with van der Waals surface area (Å²) in [5.41, 5.74) is 1.95. The average Bonchev–Trinajstić information content (AvgIpc) is 2.46. The molecule has 0 aliphatic rings. The second-order valence-corrected chi connectivity index (χ2v) is 5.43. The Morgan fingerprint density at radius 3 is 2.38 bits per heavy atom. The number of rotatable bonds is 5. The number of benzene rings is 2. The van der Waals surface area contributed by atoms with Crippen molar-refractivity contribution in [2.45, 2.75) is 25.9 Å². The summed E-state index contributed by atoms with van der Waals surface area (Å²) in [4.78, 5) is 0. The Labute approximate surface area is 129 Å². The van der Waals surface area contributed by atoms with E-state index in [9.17, 15) is 4.39 Å². The third-order valence-electron chi connectivity index (χ3n) is 3.53. The van der Waals surface area contributed by atoms with Crippen molar-refractivity contribution in [2.24, 2.45) is 0 Å². The van der Waals surface area contributed by atoms with Crippen molar-refractivity contribution in [3.63, 3.8) is 0 Å². The standard InChI is InChI=1S/C17H19ClFNO/c1-11(14-9-8-13(19)10-16(14)18)20-12(2)15-6-4-5-7-17(15)21-3/h4-12,20H,1-3H3/t11?,12-/m1/s1. The summed E-state index contributed by atoms with van der Waals surface area (Å²) >= 11 is 6.11. The summed E-state index contributed by atoms with van der Waals surface area (Å²) in [7, 11) is 1.66. The summed E-state index contributed by atoms with van der Waals surface area (Å²) in [6.07, 6.45) is 0. The normalized spacial score (nSPS) is 13.8. The minimum Gasteiger partial charge on any atom is -0.496 e. The molecule has 2 rings (SSSR count). The SMILES string of the molecule is COc1ccccc1[C@@H](C)NC(C)c1ccc(F)cc1Cl. The Hall–Kier alpha value is -1.58. The molecule has 2 aromatic rings. The number of hydrogen-bond acceptors (Lipinski definition) is 2. The predicted molar refractivity (Wildman–Crippen MR) is 84.4 cm³/mol. The van der Waals surface area contributed by atoms with E-state index in [1.54, 1.807) is 13.2 Å². The van der Waals surface area contributed by atoms with Gasteiger partial charge in [0.05, 0.1) is 7.11 Å². The summed E-state index contributed by atoms with van der Waals surface area (Å²) in [6.45, 7) is 4.07. The molecule has 0 saturated heterocycles. The van der Waals surface area contributed by atoms with Crippen molar-refractivity contribution in [1.82, 2.24) is 5.32 Å². The maximum atomic E-state index is 13.1. The highest BCUT2D eigenvalue weighted by Crippen LogP contribution is 2.29. The largest absolute Gasteiger partial charge is 0.496 e. The molecule has 0 heterocycles. The first-order chi connectivity index (χ1) is 10.0. The molecule has 0 aliphatic carbocycles. The highest BCUT2D eigenvalue weighted by atomic mass is 35.5. The van der Waals surface area contributed by atoms with Crippen LogP contribution in [0.2, 0.25) is 5.02 Å². The third-order valence-corrected chi connectivity index (χ3v) is 3.86. The van der Waals surface area contributed by atoms with Gasteiger partial charge in [-0.3, -0.25) is 0 Å². The van der Waals surface area contributed by atoms with Crippen LogP contribution in [0.15, 0.2) is 42.5 Å². The van der Waals surface area contributed by atoms with Crippen molar-refractivity contribution >= 4 is 11.6 Å². The van der Waals surface area contributed by atoms with Gasteiger partial charge in [-0.05, 0) is 37.6 Å². The van der Waals surface area contributed by atoms with Crippen molar-refractivity contribution in [1.29, 1.82) is 0 Å². The van der Waals surface area contributed by atoms with Gasteiger partial charge in [0.15, 0.2) is 0 Å². The van der Waals surface area contributed by atoms with Crippen molar-refractivity contribution < 1.29 is 9.13 Å². The summed E-state index contributed by atoms with van der Waals surface area (Å²) in [6, 6.07) is 12.4. The van der Waals surface area contributed by atoms with Gasteiger partial charge in [-0.1, -0.05) is 35.9 Å². The Morgan fingerprint density at radius 2 is 1.71 bits per heavy atom. The molecule has 0 radical (unpaired) electrons. The van der Waals surface area contributed by atoms with E-state index in [4.69, 9.17) is 16.3 Å². The van der Waals surface area contributed by atoms with Gasteiger partial charge in [-0.25, -0.2) is 4.39 Å². The molecular weight excluding hydrogens is 289 g/mol. The maximum Gasteiger partial charge on any atom is 0.124 e. The van der Waals surface area contributed by atoms with Gasteiger partial charge >= 0.3 is 0 Å². The molecular formula is C17H19ClFNO. The van der Waals surface area contributed by atoms with Gasteiger partial charge in [0.2, 0.25) is 0 Å². The second kappa shape index (κ2) is 6.92. The number of methoxy groups -OCH3 is 1. The molecule has 21 heavy (non-hydrogen) atoms. The summed E-state index contributed by atoms with van der Waals surface area (Å²) < 4.78 is 18.5. The molecule has 1 N–H and O–H groups in total. The van der Waals surface area contributed by atoms with Gasteiger partial charge in [0.25, 0.3) is 0 Å². The molecule has 0 fully saturated rings.